The molecule has 1 atom stereocenters. The number of aliphatic hydroxyl groups excluding tert-OH is 1. The zero-order valence-electron chi connectivity index (χ0n) is 12.4. The normalized spacial score (nSPS) is 13.1. The van der Waals surface area contributed by atoms with Crippen LogP contribution < -0.4 is 5.32 Å². The Morgan fingerprint density at radius 2 is 2.25 bits per heavy atom. The molecule has 0 aliphatic heterocycles. The molecule has 0 radical (unpaired) electrons. The topological polar surface area (TPSA) is 85.6 Å². The van der Waals surface area contributed by atoms with Crippen LogP contribution in [0.15, 0.2) is 12.5 Å². The van der Waals surface area contributed by atoms with Crippen LogP contribution in [-0.2, 0) is 16.0 Å². The summed E-state index contributed by atoms with van der Waals surface area (Å²) >= 11 is 0. The number of alkyl carbamates (subject to hydrolysis) is 1. The van der Waals surface area contributed by atoms with Crippen molar-refractivity contribution in [2.75, 3.05) is 20.3 Å². The fourth-order valence-electron chi connectivity index (χ4n) is 1.66. The van der Waals surface area contributed by atoms with Crippen LogP contribution in [-0.4, -0.2) is 46.7 Å². The van der Waals surface area contributed by atoms with Crippen molar-refractivity contribution in [3.8, 4) is 0 Å². The van der Waals surface area contributed by atoms with E-state index in [1.807, 2.05) is 4.57 Å². The van der Waals surface area contributed by atoms with Crippen molar-refractivity contribution in [1.29, 1.82) is 0 Å². The summed E-state index contributed by atoms with van der Waals surface area (Å²) in [7, 11) is 1.61. The van der Waals surface area contributed by atoms with Gasteiger partial charge in [0.15, 0.2) is 0 Å². The number of hydrogen-bond acceptors (Lipinski definition) is 5. The van der Waals surface area contributed by atoms with Crippen molar-refractivity contribution >= 4 is 6.09 Å². The number of carbonyl (C=O) groups excluding carboxylic acids is 1. The number of carbonyl (C=O) groups is 1. The van der Waals surface area contributed by atoms with E-state index in [1.54, 1.807) is 40.4 Å². The molecule has 1 amide bonds. The highest BCUT2D eigenvalue weighted by molar-refractivity contribution is 5.68. The molecule has 0 saturated heterocycles. The van der Waals surface area contributed by atoms with Crippen LogP contribution in [0.4, 0.5) is 4.79 Å². The van der Waals surface area contributed by atoms with Crippen LogP contribution >= 0.6 is 0 Å². The molecule has 7 heteroatoms. The Balaban J connectivity index is 2.71. The molecule has 0 bridgehead atoms. The molecule has 1 heterocycles. The van der Waals surface area contributed by atoms with Crippen LogP contribution in [0, 0.1) is 0 Å². The van der Waals surface area contributed by atoms with E-state index < -0.39 is 17.7 Å². The molecule has 0 fully saturated rings. The number of ether oxygens (including phenoxy) is 2. The zero-order chi connectivity index (χ0) is 15.2. The summed E-state index contributed by atoms with van der Waals surface area (Å²) in [6.07, 6.45) is 2.66. The Kier molecular flexibility index (Phi) is 5.97. The maximum Gasteiger partial charge on any atom is 0.408 e. The minimum absolute atomic E-state index is 0.238. The molecule has 2 N–H and O–H groups in total. The summed E-state index contributed by atoms with van der Waals surface area (Å²) in [4.78, 5) is 15.8. The highest BCUT2D eigenvalue weighted by Crippen LogP contribution is 2.14. The zero-order valence-corrected chi connectivity index (χ0v) is 12.4. The van der Waals surface area contributed by atoms with E-state index in [4.69, 9.17) is 9.47 Å². The van der Waals surface area contributed by atoms with Gasteiger partial charge in [-0.25, -0.2) is 9.78 Å². The quantitative estimate of drug-likeness (QED) is 0.817. The summed E-state index contributed by atoms with van der Waals surface area (Å²) in [5.41, 5.74) is 0.121. The van der Waals surface area contributed by atoms with Crippen molar-refractivity contribution in [2.24, 2.45) is 0 Å². The molecule has 114 valence electrons. The molecular weight excluding hydrogens is 262 g/mol. The second kappa shape index (κ2) is 7.25. The summed E-state index contributed by atoms with van der Waals surface area (Å²) in [6, 6.07) is -0.566. The number of nitrogens with one attached hydrogen (secondary N) is 1. The first-order valence-corrected chi connectivity index (χ1v) is 6.46. The van der Waals surface area contributed by atoms with E-state index >= 15 is 0 Å². The third-order valence-electron chi connectivity index (χ3n) is 2.51. The van der Waals surface area contributed by atoms with Gasteiger partial charge in [0.05, 0.1) is 37.5 Å². The third kappa shape index (κ3) is 5.18. The number of aliphatic hydroxyl groups is 1. The van der Waals surface area contributed by atoms with Gasteiger partial charge in [0.1, 0.15) is 5.60 Å². The summed E-state index contributed by atoms with van der Waals surface area (Å²) in [5, 5.41) is 12.1. The fourth-order valence-corrected chi connectivity index (χ4v) is 1.66. The monoisotopic (exact) mass is 285 g/mol. The van der Waals surface area contributed by atoms with Gasteiger partial charge in [-0.1, -0.05) is 0 Å². The Bertz CT molecular complexity index is 425. The van der Waals surface area contributed by atoms with Gasteiger partial charge >= 0.3 is 6.09 Å². The van der Waals surface area contributed by atoms with Gasteiger partial charge in [0.2, 0.25) is 0 Å². The smallest absolute Gasteiger partial charge is 0.408 e. The minimum atomic E-state index is -0.583. The molecule has 1 aromatic rings. The lowest BCUT2D eigenvalue weighted by Gasteiger charge is -2.23. The Labute approximate surface area is 118 Å². The van der Waals surface area contributed by atoms with Gasteiger partial charge in [-0.3, -0.25) is 0 Å². The average molecular weight is 285 g/mol. The molecule has 1 unspecified atom stereocenters. The summed E-state index contributed by atoms with van der Waals surface area (Å²) in [5.74, 6) is 0. The molecule has 1 rings (SSSR count). The predicted octanol–water partition coefficient (Wildman–Crippen LogP) is 1.09. The summed E-state index contributed by atoms with van der Waals surface area (Å²) < 4.78 is 12.0. The molecule has 0 saturated carbocycles. The second-order valence-corrected chi connectivity index (χ2v) is 5.39. The first kappa shape index (κ1) is 16.5. The molecule has 0 spiro atoms. The van der Waals surface area contributed by atoms with E-state index in [9.17, 15) is 9.90 Å². The fraction of sp³-hybridized carbons (Fsp3) is 0.692. The molecule has 0 aromatic carbocycles. The van der Waals surface area contributed by atoms with Gasteiger partial charge in [0.25, 0.3) is 0 Å². The number of methoxy groups -OCH3 is 1. The van der Waals surface area contributed by atoms with Gasteiger partial charge in [-0.05, 0) is 20.8 Å². The van der Waals surface area contributed by atoms with E-state index in [-0.39, 0.29) is 6.61 Å². The van der Waals surface area contributed by atoms with Gasteiger partial charge in [-0.2, -0.15) is 0 Å². The molecule has 7 nitrogen and oxygen atoms in total. The first-order chi connectivity index (χ1) is 9.37. The van der Waals surface area contributed by atoms with Crippen molar-refractivity contribution in [2.45, 2.75) is 39.0 Å². The van der Waals surface area contributed by atoms with E-state index in [0.717, 1.165) is 0 Å². The second-order valence-electron chi connectivity index (χ2n) is 5.39. The number of rotatable bonds is 6. The molecule has 1 aromatic heterocycles. The lowest BCUT2D eigenvalue weighted by Crippen LogP contribution is -2.37. The predicted molar refractivity (Wildman–Crippen MR) is 73.3 cm³/mol. The maximum absolute atomic E-state index is 11.7. The van der Waals surface area contributed by atoms with Crippen molar-refractivity contribution < 1.29 is 19.4 Å². The number of aromatic nitrogens is 2. The lowest BCUT2D eigenvalue weighted by atomic mass is 10.2. The standard InChI is InChI=1S/C13H23N3O4/c1-13(2,3)20-12(18)15-10(8-17)11-7-14-9-16(11)5-6-19-4/h7,9-10,17H,5-6,8H2,1-4H3,(H,15,18). The third-order valence-corrected chi connectivity index (χ3v) is 2.51. The molecule has 20 heavy (non-hydrogen) atoms. The number of amides is 1. The van der Waals surface area contributed by atoms with Crippen molar-refractivity contribution in [3.63, 3.8) is 0 Å². The van der Waals surface area contributed by atoms with Crippen LogP contribution in [0.1, 0.15) is 32.5 Å². The highest BCUT2D eigenvalue weighted by Gasteiger charge is 2.22. The highest BCUT2D eigenvalue weighted by atomic mass is 16.6. The minimum Gasteiger partial charge on any atom is -0.444 e. The van der Waals surface area contributed by atoms with E-state index in [0.29, 0.717) is 18.8 Å². The van der Waals surface area contributed by atoms with Gasteiger partial charge in [0, 0.05) is 13.7 Å². The van der Waals surface area contributed by atoms with Crippen molar-refractivity contribution in [3.05, 3.63) is 18.2 Å². The van der Waals surface area contributed by atoms with Crippen LogP contribution in [0.3, 0.4) is 0 Å². The molecular formula is C13H23N3O4. The van der Waals surface area contributed by atoms with Crippen molar-refractivity contribution in [1.82, 2.24) is 14.9 Å². The van der Waals surface area contributed by atoms with Crippen LogP contribution in [0.2, 0.25) is 0 Å². The number of imidazole rings is 1. The lowest BCUT2D eigenvalue weighted by molar-refractivity contribution is 0.0478. The SMILES string of the molecule is COCCn1cncc1C(CO)NC(=O)OC(C)(C)C. The Morgan fingerprint density at radius 1 is 1.55 bits per heavy atom. The molecule has 0 aliphatic rings. The Morgan fingerprint density at radius 3 is 2.80 bits per heavy atom. The number of hydrogen-bond donors (Lipinski definition) is 2. The van der Waals surface area contributed by atoms with Gasteiger partial charge < -0.3 is 24.5 Å². The van der Waals surface area contributed by atoms with E-state index in [1.165, 1.54) is 0 Å². The number of nitrogens with zero attached hydrogens (tertiary/aromatic N) is 2. The average Bonchev–Trinajstić information content (AvgIpc) is 2.79. The largest absolute Gasteiger partial charge is 0.444 e. The van der Waals surface area contributed by atoms with E-state index in [2.05, 4.69) is 10.3 Å². The van der Waals surface area contributed by atoms with Gasteiger partial charge in [-0.15, -0.1) is 0 Å². The maximum atomic E-state index is 11.7. The molecule has 0 aliphatic carbocycles. The summed E-state index contributed by atoms with van der Waals surface area (Å²) in [6.45, 7) is 6.22. The van der Waals surface area contributed by atoms with Crippen LogP contribution in [0.25, 0.3) is 0 Å². The van der Waals surface area contributed by atoms with Crippen LogP contribution in [0.5, 0.6) is 0 Å². The first-order valence-electron chi connectivity index (χ1n) is 6.46. The Hall–Kier alpha value is -1.60.